The van der Waals surface area contributed by atoms with Crippen molar-refractivity contribution in [2.75, 3.05) is 6.61 Å². The summed E-state index contributed by atoms with van der Waals surface area (Å²) in [6.07, 6.45) is -4.15. The number of rotatable bonds is 2. The molecule has 4 atom stereocenters. The highest BCUT2D eigenvalue weighted by molar-refractivity contribution is 4.88. The Labute approximate surface area is 93.9 Å². The maximum atomic E-state index is 11.4. The first-order valence-corrected chi connectivity index (χ1v) is 4.85. The molecular weight excluding hydrogens is 234 g/mol. The average Bonchev–Trinajstić information content (AvgIpc) is 2.57. The second kappa shape index (κ2) is 4.37. The summed E-state index contributed by atoms with van der Waals surface area (Å²) < 4.78 is 5.77. The van der Waals surface area contributed by atoms with Crippen molar-refractivity contribution in [3.63, 3.8) is 0 Å². The number of H-pyrrole nitrogens is 1. The van der Waals surface area contributed by atoms with E-state index in [-0.39, 0.29) is 0 Å². The predicted molar refractivity (Wildman–Crippen MR) is 52.1 cm³/mol. The van der Waals surface area contributed by atoms with E-state index in [1.54, 1.807) is 0 Å². The summed E-state index contributed by atoms with van der Waals surface area (Å²) in [7, 11) is 0. The van der Waals surface area contributed by atoms with Gasteiger partial charge < -0.3 is 20.1 Å². The first kappa shape index (κ1) is 11.9. The fourth-order valence-electron chi connectivity index (χ4n) is 1.63. The third-order valence-corrected chi connectivity index (χ3v) is 2.50. The Kier molecular flexibility index (Phi) is 3.07. The predicted octanol–water partition coefficient (Wildman–Crippen LogP) is -3.46. The van der Waals surface area contributed by atoms with Crippen LogP contribution < -0.4 is 11.2 Å². The Morgan fingerprint density at radius 2 is 2.12 bits per heavy atom. The molecule has 1 aliphatic rings. The van der Waals surface area contributed by atoms with Crippen LogP contribution in [0, 0.1) is 0 Å². The van der Waals surface area contributed by atoms with Gasteiger partial charge in [0.05, 0.1) is 6.61 Å². The van der Waals surface area contributed by atoms with Crippen molar-refractivity contribution in [1.82, 2.24) is 14.8 Å². The minimum Gasteiger partial charge on any atom is -0.394 e. The fourth-order valence-corrected chi connectivity index (χ4v) is 1.63. The molecule has 17 heavy (non-hydrogen) atoms. The summed E-state index contributed by atoms with van der Waals surface area (Å²) in [4.78, 5) is 24.1. The maximum Gasteiger partial charge on any atom is 0.347 e. The molecule has 1 aliphatic heterocycles. The number of aromatic amines is 1. The molecule has 1 aromatic rings. The second-order valence-corrected chi connectivity index (χ2v) is 3.61. The lowest BCUT2D eigenvalue weighted by Crippen LogP contribution is -2.39. The smallest absolute Gasteiger partial charge is 0.347 e. The van der Waals surface area contributed by atoms with Crippen molar-refractivity contribution in [1.29, 1.82) is 0 Å². The molecular formula is C8H11N3O6. The molecule has 9 heteroatoms. The minimum absolute atomic E-state index is 0.507. The molecule has 94 valence electrons. The van der Waals surface area contributed by atoms with Crippen LogP contribution >= 0.6 is 0 Å². The lowest BCUT2D eigenvalue weighted by molar-refractivity contribution is -0.0618. The Balaban J connectivity index is 2.35. The van der Waals surface area contributed by atoms with Crippen molar-refractivity contribution < 1.29 is 20.1 Å². The SMILES string of the molecule is O=c1cnn([C@H]2O[C@@H](CO)[C@@H](O)[C@H]2O)c(=O)[nH]1. The topological polar surface area (TPSA) is 138 Å². The van der Waals surface area contributed by atoms with Gasteiger partial charge in [-0.05, 0) is 0 Å². The van der Waals surface area contributed by atoms with Crippen LogP contribution in [0.4, 0.5) is 0 Å². The summed E-state index contributed by atoms with van der Waals surface area (Å²) in [5, 5.41) is 31.5. The van der Waals surface area contributed by atoms with Crippen LogP contribution in [-0.2, 0) is 4.74 Å². The van der Waals surface area contributed by atoms with Crippen LogP contribution in [0.1, 0.15) is 6.23 Å². The van der Waals surface area contributed by atoms with Gasteiger partial charge in [0, 0.05) is 0 Å². The molecule has 2 heterocycles. The van der Waals surface area contributed by atoms with Gasteiger partial charge >= 0.3 is 5.69 Å². The number of hydrogen-bond donors (Lipinski definition) is 4. The summed E-state index contributed by atoms with van der Waals surface area (Å²) in [5.41, 5.74) is -1.55. The summed E-state index contributed by atoms with van der Waals surface area (Å²) in [6, 6.07) is 0. The van der Waals surface area contributed by atoms with Gasteiger partial charge in [-0.3, -0.25) is 9.78 Å². The zero-order valence-corrected chi connectivity index (χ0v) is 8.55. The van der Waals surface area contributed by atoms with Crippen LogP contribution in [0.25, 0.3) is 0 Å². The molecule has 0 unspecified atom stereocenters. The molecule has 0 aromatic carbocycles. The van der Waals surface area contributed by atoms with E-state index >= 15 is 0 Å². The molecule has 0 aliphatic carbocycles. The number of hydrogen-bond acceptors (Lipinski definition) is 7. The van der Waals surface area contributed by atoms with E-state index in [9.17, 15) is 19.8 Å². The lowest BCUT2D eigenvalue weighted by atomic mass is 10.1. The van der Waals surface area contributed by atoms with Gasteiger partial charge in [0.25, 0.3) is 5.56 Å². The third kappa shape index (κ3) is 2.00. The summed E-state index contributed by atoms with van der Waals surface area (Å²) >= 11 is 0. The molecule has 0 bridgehead atoms. The third-order valence-electron chi connectivity index (χ3n) is 2.50. The molecule has 0 radical (unpaired) electrons. The van der Waals surface area contributed by atoms with E-state index in [0.29, 0.717) is 4.68 Å². The number of aliphatic hydroxyl groups is 3. The van der Waals surface area contributed by atoms with E-state index in [1.807, 2.05) is 4.98 Å². The Hall–Kier alpha value is -1.55. The molecule has 0 amide bonds. The van der Waals surface area contributed by atoms with Gasteiger partial charge in [0.2, 0.25) is 0 Å². The highest BCUT2D eigenvalue weighted by Crippen LogP contribution is 2.27. The van der Waals surface area contributed by atoms with E-state index in [0.717, 1.165) is 6.20 Å². The van der Waals surface area contributed by atoms with Crippen LogP contribution in [-0.4, -0.2) is 55.0 Å². The minimum atomic E-state index is -1.41. The zero-order chi connectivity index (χ0) is 12.6. The first-order chi connectivity index (χ1) is 8.04. The van der Waals surface area contributed by atoms with Crippen molar-refractivity contribution in [2.45, 2.75) is 24.5 Å². The zero-order valence-electron chi connectivity index (χ0n) is 8.55. The van der Waals surface area contributed by atoms with Gasteiger partial charge in [0.15, 0.2) is 6.23 Å². The Bertz CT molecular complexity index is 510. The molecule has 1 saturated heterocycles. The number of aromatic nitrogens is 3. The van der Waals surface area contributed by atoms with Crippen LogP contribution in [0.5, 0.6) is 0 Å². The molecule has 1 fully saturated rings. The van der Waals surface area contributed by atoms with Crippen LogP contribution in [0.2, 0.25) is 0 Å². The molecule has 4 N–H and O–H groups in total. The highest BCUT2D eigenvalue weighted by atomic mass is 16.6. The monoisotopic (exact) mass is 245 g/mol. The van der Waals surface area contributed by atoms with Crippen molar-refractivity contribution in [2.24, 2.45) is 0 Å². The van der Waals surface area contributed by atoms with Gasteiger partial charge in [-0.15, -0.1) is 0 Å². The molecule has 1 aromatic heterocycles. The van der Waals surface area contributed by atoms with Gasteiger partial charge in [-0.1, -0.05) is 0 Å². The number of nitrogens with one attached hydrogen (secondary N) is 1. The molecule has 9 nitrogen and oxygen atoms in total. The second-order valence-electron chi connectivity index (χ2n) is 3.61. The van der Waals surface area contributed by atoms with E-state index < -0.39 is 42.4 Å². The van der Waals surface area contributed by atoms with Crippen LogP contribution in [0.15, 0.2) is 15.8 Å². The standard InChI is InChI=1S/C8H11N3O6/c12-2-3-5(14)6(15)7(17-3)11-8(16)10-4(13)1-9-11/h1,3,5-7,12,14-15H,2H2,(H,10,13,16)/t3-,5+,6+,7-/m0/s1. The molecule has 0 spiro atoms. The first-order valence-electron chi connectivity index (χ1n) is 4.85. The van der Waals surface area contributed by atoms with Crippen molar-refractivity contribution >= 4 is 0 Å². The van der Waals surface area contributed by atoms with E-state index in [2.05, 4.69) is 5.10 Å². The average molecular weight is 245 g/mol. The summed E-state index contributed by atoms with van der Waals surface area (Å²) in [6.45, 7) is -0.507. The Morgan fingerprint density at radius 1 is 1.41 bits per heavy atom. The van der Waals surface area contributed by atoms with E-state index in [1.165, 1.54) is 0 Å². The van der Waals surface area contributed by atoms with Gasteiger partial charge in [-0.25, -0.2) is 4.79 Å². The largest absolute Gasteiger partial charge is 0.394 e. The number of aliphatic hydroxyl groups excluding tert-OH is 3. The van der Waals surface area contributed by atoms with Crippen molar-refractivity contribution in [3.05, 3.63) is 27.0 Å². The van der Waals surface area contributed by atoms with Gasteiger partial charge in [-0.2, -0.15) is 9.78 Å². The molecule has 0 saturated carbocycles. The highest BCUT2D eigenvalue weighted by Gasteiger charge is 2.44. The fraction of sp³-hybridized carbons (Fsp3) is 0.625. The van der Waals surface area contributed by atoms with Crippen LogP contribution in [0.3, 0.4) is 0 Å². The number of ether oxygens (including phenoxy) is 1. The Morgan fingerprint density at radius 3 is 2.65 bits per heavy atom. The summed E-state index contributed by atoms with van der Waals surface area (Å²) in [5.74, 6) is 0. The van der Waals surface area contributed by atoms with Crippen molar-refractivity contribution in [3.8, 4) is 0 Å². The number of nitrogens with zero attached hydrogens (tertiary/aromatic N) is 2. The lowest BCUT2D eigenvalue weighted by Gasteiger charge is -2.14. The van der Waals surface area contributed by atoms with E-state index in [4.69, 9.17) is 9.84 Å². The molecule has 2 rings (SSSR count). The maximum absolute atomic E-state index is 11.4. The van der Waals surface area contributed by atoms with Gasteiger partial charge in [0.1, 0.15) is 24.5 Å². The quantitative estimate of drug-likeness (QED) is 0.425. The normalized spacial score (nSPS) is 32.9.